The smallest absolute Gasteiger partial charge is 0.387 e. The molecular formula is C15H17ClF2N2O2. The number of hydrogen-bond acceptors (Lipinski definition) is 3. The van der Waals surface area contributed by atoms with Crippen LogP contribution in [0.2, 0.25) is 0 Å². The Balaban J connectivity index is 2.01. The Morgan fingerprint density at radius 1 is 1.27 bits per heavy atom. The number of carbonyl (C=O) groups is 1. The average molecular weight is 331 g/mol. The quantitative estimate of drug-likeness (QED) is 0.832. The first-order chi connectivity index (χ1) is 10.6. The molecule has 0 radical (unpaired) electrons. The molecule has 0 atom stereocenters. The van der Waals surface area contributed by atoms with Gasteiger partial charge in [-0.15, -0.1) is 0 Å². The maximum absolute atomic E-state index is 12.5. The molecule has 0 unspecified atom stereocenters. The minimum atomic E-state index is -2.95. The summed E-state index contributed by atoms with van der Waals surface area (Å²) in [5.74, 6) is -0.376. The molecule has 0 spiro atoms. The van der Waals surface area contributed by atoms with Crippen molar-refractivity contribution in [2.75, 3.05) is 32.7 Å². The summed E-state index contributed by atoms with van der Waals surface area (Å²) in [6, 6.07) is 6.07. The summed E-state index contributed by atoms with van der Waals surface area (Å²) in [6.45, 7) is 0.288. The van der Waals surface area contributed by atoms with E-state index in [1.54, 1.807) is 17.0 Å². The van der Waals surface area contributed by atoms with Gasteiger partial charge in [0.05, 0.1) is 5.56 Å². The summed E-state index contributed by atoms with van der Waals surface area (Å²) in [5.41, 5.74) is 1.63. The van der Waals surface area contributed by atoms with E-state index in [4.69, 9.17) is 11.6 Å². The summed E-state index contributed by atoms with van der Waals surface area (Å²) in [6.07, 6.45) is 1.84. The summed E-state index contributed by atoms with van der Waals surface area (Å²) < 4.78 is 29.2. The van der Waals surface area contributed by atoms with Crippen molar-refractivity contribution in [2.24, 2.45) is 0 Å². The van der Waals surface area contributed by atoms with Gasteiger partial charge in [0.1, 0.15) is 5.75 Å². The van der Waals surface area contributed by atoms with Gasteiger partial charge in [-0.1, -0.05) is 29.8 Å². The molecule has 0 aliphatic carbocycles. The summed E-state index contributed by atoms with van der Waals surface area (Å²) in [7, 11) is 0. The van der Waals surface area contributed by atoms with Crippen molar-refractivity contribution < 1.29 is 18.3 Å². The molecule has 1 amide bonds. The van der Waals surface area contributed by atoms with Crippen molar-refractivity contribution >= 4 is 17.5 Å². The molecule has 1 aromatic rings. The van der Waals surface area contributed by atoms with Gasteiger partial charge < -0.3 is 9.64 Å². The van der Waals surface area contributed by atoms with Crippen molar-refractivity contribution in [3.63, 3.8) is 0 Å². The van der Waals surface area contributed by atoms with Gasteiger partial charge in [0, 0.05) is 38.3 Å². The van der Waals surface area contributed by atoms with Gasteiger partial charge in [-0.25, -0.2) is 0 Å². The molecule has 0 saturated carbocycles. The zero-order valence-corrected chi connectivity index (χ0v) is 12.7. The molecule has 4 nitrogen and oxygen atoms in total. The van der Waals surface area contributed by atoms with Gasteiger partial charge in [0.15, 0.2) is 0 Å². The van der Waals surface area contributed by atoms with Gasteiger partial charge in [0.2, 0.25) is 0 Å². The molecule has 120 valence electrons. The van der Waals surface area contributed by atoms with Gasteiger partial charge in [-0.05, 0) is 12.1 Å². The monoisotopic (exact) mass is 330 g/mol. The fraction of sp³-hybridized carbons (Fsp3) is 0.400. The third kappa shape index (κ3) is 4.42. The third-order valence-electron chi connectivity index (χ3n) is 3.45. The standard InChI is InChI=1S/C15H17ClF2N2O2/c16-6-3-7-19-8-10-20(11-9-19)14(21)12-4-1-2-5-13(12)22-15(17)18/h1-6,15H,7-11H2. The second-order valence-corrected chi connectivity index (χ2v) is 5.08. The van der Waals surface area contributed by atoms with E-state index in [0.717, 1.165) is 6.54 Å². The Hall–Kier alpha value is -1.66. The van der Waals surface area contributed by atoms with E-state index in [1.807, 2.05) is 6.08 Å². The number of alkyl halides is 2. The minimum Gasteiger partial charge on any atom is -0.434 e. The first kappa shape index (κ1) is 16.7. The molecule has 1 aliphatic rings. The van der Waals surface area contributed by atoms with E-state index in [2.05, 4.69) is 9.64 Å². The lowest BCUT2D eigenvalue weighted by atomic mass is 10.1. The molecule has 1 fully saturated rings. The number of rotatable bonds is 5. The highest BCUT2D eigenvalue weighted by molar-refractivity contribution is 6.25. The Morgan fingerprint density at radius 2 is 1.95 bits per heavy atom. The molecule has 0 bridgehead atoms. The lowest BCUT2D eigenvalue weighted by Gasteiger charge is -2.34. The van der Waals surface area contributed by atoms with Crippen LogP contribution in [-0.4, -0.2) is 55.0 Å². The highest BCUT2D eigenvalue weighted by Crippen LogP contribution is 2.22. The van der Waals surface area contributed by atoms with Crippen LogP contribution in [0, 0.1) is 0 Å². The van der Waals surface area contributed by atoms with E-state index in [0.29, 0.717) is 26.2 Å². The molecule has 2 rings (SSSR count). The average Bonchev–Trinajstić information content (AvgIpc) is 2.53. The van der Waals surface area contributed by atoms with Gasteiger partial charge in [-0.2, -0.15) is 8.78 Å². The zero-order valence-electron chi connectivity index (χ0n) is 11.9. The number of carbonyl (C=O) groups excluding carboxylic acids is 1. The fourth-order valence-electron chi connectivity index (χ4n) is 2.33. The number of halogens is 3. The fourth-order valence-corrected chi connectivity index (χ4v) is 2.41. The highest BCUT2D eigenvalue weighted by Gasteiger charge is 2.24. The predicted molar refractivity (Wildman–Crippen MR) is 80.4 cm³/mol. The number of piperazine rings is 1. The second-order valence-electron chi connectivity index (χ2n) is 4.83. The van der Waals surface area contributed by atoms with Crippen LogP contribution in [-0.2, 0) is 0 Å². The second kappa shape index (κ2) is 8.10. The van der Waals surface area contributed by atoms with Gasteiger partial charge >= 0.3 is 6.61 Å². The number of para-hydroxylation sites is 1. The predicted octanol–water partition coefficient (Wildman–Crippen LogP) is 2.80. The van der Waals surface area contributed by atoms with E-state index < -0.39 is 6.61 Å². The van der Waals surface area contributed by atoms with Crippen LogP contribution in [0.4, 0.5) is 8.78 Å². The van der Waals surface area contributed by atoms with Crippen LogP contribution in [0.15, 0.2) is 35.9 Å². The molecular weight excluding hydrogens is 314 g/mol. The molecule has 1 heterocycles. The highest BCUT2D eigenvalue weighted by atomic mass is 35.5. The Morgan fingerprint density at radius 3 is 2.59 bits per heavy atom. The zero-order chi connectivity index (χ0) is 15.9. The Kier molecular flexibility index (Phi) is 6.15. The molecule has 7 heteroatoms. The number of hydrogen-bond donors (Lipinski definition) is 0. The molecule has 0 N–H and O–H groups in total. The first-order valence-corrected chi connectivity index (χ1v) is 7.36. The van der Waals surface area contributed by atoms with E-state index >= 15 is 0 Å². The van der Waals surface area contributed by atoms with Crippen LogP contribution >= 0.6 is 11.6 Å². The third-order valence-corrected chi connectivity index (χ3v) is 3.62. The Labute approximate surface area is 132 Å². The maximum Gasteiger partial charge on any atom is 0.387 e. The lowest BCUT2D eigenvalue weighted by Crippen LogP contribution is -2.48. The van der Waals surface area contributed by atoms with Crippen molar-refractivity contribution in [3.05, 3.63) is 41.4 Å². The molecule has 1 aromatic carbocycles. The normalized spacial score (nSPS) is 16.5. The number of benzene rings is 1. The number of amides is 1. The van der Waals surface area contributed by atoms with E-state index in [1.165, 1.54) is 17.7 Å². The van der Waals surface area contributed by atoms with Crippen molar-refractivity contribution in [2.45, 2.75) is 6.61 Å². The van der Waals surface area contributed by atoms with Crippen LogP contribution in [0.25, 0.3) is 0 Å². The molecule has 1 aliphatic heterocycles. The SMILES string of the molecule is O=C(c1ccccc1OC(F)F)N1CCN(CC=CCl)CC1. The van der Waals surface area contributed by atoms with Crippen LogP contribution < -0.4 is 4.74 Å². The van der Waals surface area contributed by atoms with Gasteiger partial charge in [0.25, 0.3) is 5.91 Å². The van der Waals surface area contributed by atoms with Crippen LogP contribution in [0.1, 0.15) is 10.4 Å². The lowest BCUT2D eigenvalue weighted by molar-refractivity contribution is -0.0503. The van der Waals surface area contributed by atoms with Crippen molar-refractivity contribution in [1.82, 2.24) is 9.80 Å². The largest absolute Gasteiger partial charge is 0.434 e. The van der Waals surface area contributed by atoms with Gasteiger partial charge in [-0.3, -0.25) is 9.69 Å². The van der Waals surface area contributed by atoms with Crippen LogP contribution in [0.3, 0.4) is 0 Å². The number of ether oxygens (including phenoxy) is 1. The van der Waals surface area contributed by atoms with Crippen molar-refractivity contribution in [1.29, 1.82) is 0 Å². The maximum atomic E-state index is 12.5. The topological polar surface area (TPSA) is 32.8 Å². The molecule has 1 saturated heterocycles. The summed E-state index contributed by atoms with van der Waals surface area (Å²) in [4.78, 5) is 16.3. The van der Waals surface area contributed by atoms with Crippen LogP contribution in [0.5, 0.6) is 5.75 Å². The van der Waals surface area contributed by atoms with E-state index in [9.17, 15) is 13.6 Å². The summed E-state index contributed by atoms with van der Waals surface area (Å²) >= 11 is 5.49. The Bertz CT molecular complexity index is 532. The van der Waals surface area contributed by atoms with Crippen molar-refractivity contribution in [3.8, 4) is 5.75 Å². The summed E-state index contributed by atoms with van der Waals surface area (Å²) in [5, 5.41) is 0. The molecule has 0 aromatic heterocycles. The molecule has 22 heavy (non-hydrogen) atoms. The number of nitrogens with zero attached hydrogens (tertiary/aromatic N) is 2. The first-order valence-electron chi connectivity index (χ1n) is 6.92. The van der Waals surface area contributed by atoms with E-state index in [-0.39, 0.29) is 17.2 Å². The minimum absolute atomic E-state index is 0.0880.